The Kier molecular flexibility index (Phi) is 3.71. The first-order valence-corrected chi connectivity index (χ1v) is 6.32. The highest BCUT2D eigenvalue weighted by Gasteiger charge is 2.66. The van der Waals surface area contributed by atoms with Gasteiger partial charge in [-0.3, -0.25) is 14.9 Å². The third kappa shape index (κ3) is 2.74. The number of carbonyl (C=O) groups excluding carboxylic acids is 1. The number of rotatable bonds is 5. The predicted octanol–water partition coefficient (Wildman–Crippen LogP) is 0.789. The molecule has 1 aliphatic carbocycles. The van der Waals surface area contributed by atoms with Crippen molar-refractivity contribution in [3.63, 3.8) is 0 Å². The molecule has 0 saturated heterocycles. The van der Waals surface area contributed by atoms with Crippen molar-refractivity contribution in [2.24, 2.45) is 17.3 Å². The van der Waals surface area contributed by atoms with Crippen molar-refractivity contribution in [1.82, 2.24) is 9.97 Å². The van der Waals surface area contributed by atoms with Crippen molar-refractivity contribution in [2.75, 3.05) is 19.5 Å². The minimum Gasteiger partial charge on any atom is -0.481 e. The quantitative estimate of drug-likeness (QED) is 0.826. The fraction of sp³-hybridized carbons (Fsp3) is 0.538. The number of aromatic nitrogens is 2. The maximum Gasteiger partial charge on any atom is 0.307 e. The molecule has 1 aromatic rings. The maximum absolute atomic E-state index is 12.2. The number of carboxylic acid groups (broad SMARTS) is 1. The lowest BCUT2D eigenvalue weighted by molar-refractivity contribution is -0.140. The molecule has 2 N–H and O–H groups in total. The van der Waals surface area contributed by atoms with Crippen molar-refractivity contribution < 1.29 is 24.2 Å². The van der Waals surface area contributed by atoms with Crippen LogP contribution in [0.4, 0.5) is 5.95 Å². The van der Waals surface area contributed by atoms with Gasteiger partial charge in [0.15, 0.2) is 0 Å². The molecule has 0 radical (unpaired) electrons. The first kappa shape index (κ1) is 15.0. The predicted molar refractivity (Wildman–Crippen MR) is 72.2 cm³/mol. The molecule has 114 valence electrons. The van der Waals surface area contributed by atoms with Crippen LogP contribution in [0.1, 0.15) is 13.8 Å². The third-order valence-electron chi connectivity index (χ3n) is 3.71. The zero-order valence-electron chi connectivity index (χ0n) is 12.2. The minimum absolute atomic E-state index is 0.0167. The first-order chi connectivity index (χ1) is 9.81. The van der Waals surface area contributed by atoms with Crippen molar-refractivity contribution in [2.45, 2.75) is 13.8 Å². The van der Waals surface area contributed by atoms with Gasteiger partial charge in [-0.1, -0.05) is 13.8 Å². The van der Waals surface area contributed by atoms with Crippen LogP contribution in [-0.4, -0.2) is 41.2 Å². The highest BCUT2D eigenvalue weighted by molar-refractivity contribution is 5.98. The molecule has 1 amide bonds. The summed E-state index contributed by atoms with van der Waals surface area (Å²) in [5.41, 5.74) is -0.584. The van der Waals surface area contributed by atoms with Gasteiger partial charge < -0.3 is 14.6 Å². The van der Waals surface area contributed by atoms with E-state index in [9.17, 15) is 9.59 Å². The van der Waals surface area contributed by atoms with Crippen LogP contribution < -0.4 is 14.8 Å². The van der Waals surface area contributed by atoms with E-state index in [2.05, 4.69) is 15.3 Å². The van der Waals surface area contributed by atoms with Crippen molar-refractivity contribution in [1.29, 1.82) is 0 Å². The molecule has 0 unspecified atom stereocenters. The molecule has 0 aromatic carbocycles. The lowest BCUT2D eigenvalue weighted by atomic mass is 10.1. The third-order valence-corrected chi connectivity index (χ3v) is 3.71. The number of carboxylic acids is 1. The summed E-state index contributed by atoms with van der Waals surface area (Å²) in [5.74, 6) is -2.24. The Balaban J connectivity index is 2.16. The average molecular weight is 295 g/mol. The first-order valence-electron chi connectivity index (χ1n) is 6.32. The Morgan fingerprint density at radius 3 is 2.10 bits per heavy atom. The molecular weight excluding hydrogens is 278 g/mol. The molecule has 0 aliphatic heterocycles. The molecule has 21 heavy (non-hydrogen) atoms. The van der Waals surface area contributed by atoms with Crippen LogP contribution in [0.2, 0.25) is 0 Å². The van der Waals surface area contributed by atoms with E-state index >= 15 is 0 Å². The number of amides is 1. The average Bonchev–Trinajstić information content (AvgIpc) is 3.01. The number of nitrogens with zero attached hydrogens (tertiary/aromatic N) is 2. The Labute approximate surface area is 121 Å². The minimum atomic E-state index is -0.982. The van der Waals surface area contributed by atoms with Crippen molar-refractivity contribution >= 4 is 17.8 Å². The van der Waals surface area contributed by atoms with Gasteiger partial charge in [-0.25, -0.2) is 0 Å². The molecular formula is C13H17N3O5. The van der Waals surface area contributed by atoms with E-state index in [4.69, 9.17) is 14.6 Å². The second-order valence-corrected chi connectivity index (χ2v) is 5.38. The summed E-state index contributed by atoms with van der Waals surface area (Å²) in [6.45, 7) is 3.48. The standard InChI is InChI=1S/C13H17N3O5/c1-13(2)8(9(13)11(18)19)10(17)16-12-14-6(20-3)5-7(15-12)21-4/h5,8-9H,1-4H3,(H,18,19)(H,14,15,16,17)/t8-,9+/m1/s1. The van der Waals surface area contributed by atoms with E-state index in [1.165, 1.54) is 20.3 Å². The van der Waals surface area contributed by atoms with E-state index in [1.54, 1.807) is 13.8 Å². The summed E-state index contributed by atoms with van der Waals surface area (Å²) >= 11 is 0. The van der Waals surface area contributed by atoms with Crippen LogP contribution in [0, 0.1) is 17.3 Å². The lowest BCUT2D eigenvalue weighted by Gasteiger charge is -2.08. The fourth-order valence-corrected chi connectivity index (χ4v) is 2.44. The monoisotopic (exact) mass is 295 g/mol. The number of nitrogens with one attached hydrogen (secondary N) is 1. The maximum atomic E-state index is 12.2. The van der Waals surface area contributed by atoms with Crippen LogP contribution >= 0.6 is 0 Å². The molecule has 1 fully saturated rings. The van der Waals surface area contributed by atoms with Gasteiger partial charge >= 0.3 is 5.97 Å². The van der Waals surface area contributed by atoms with Gasteiger partial charge in [0.2, 0.25) is 23.6 Å². The number of anilines is 1. The summed E-state index contributed by atoms with van der Waals surface area (Å²) in [4.78, 5) is 31.2. The van der Waals surface area contributed by atoms with Crippen LogP contribution in [0.5, 0.6) is 11.8 Å². The van der Waals surface area contributed by atoms with Crippen LogP contribution in [0.15, 0.2) is 6.07 Å². The van der Waals surface area contributed by atoms with E-state index in [0.717, 1.165) is 0 Å². The van der Waals surface area contributed by atoms with Crippen molar-refractivity contribution in [3.05, 3.63) is 6.07 Å². The van der Waals surface area contributed by atoms with E-state index in [-0.39, 0.29) is 17.7 Å². The molecule has 8 heteroatoms. The fourth-order valence-electron chi connectivity index (χ4n) is 2.44. The van der Waals surface area contributed by atoms with Crippen LogP contribution in [0.3, 0.4) is 0 Å². The van der Waals surface area contributed by atoms with Gasteiger partial charge in [0.25, 0.3) is 0 Å². The Morgan fingerprint density at radius 1 is 1.19 bits per heavy atom. The number of hydrogen-bond donors (Lipinski definition) is 2. The molecule has 0 bridgehead atoms. The van der Waals surface area contributed by atoms with Gasteiger partial charge in [-0.05, 0) is 5.41 Å². The number of aliphatic carboxylic acids is 1. The SMILES string of the molecule is COc1cc(OC)nc(NC(=O)[C@H]2[C@@H](C(=O)O)C2(C)C)n1. The Bertz CT molecular complexity index is 565. The van der Waals surface area contributed by atoms with E-state index in [0.29, 0.717) is 0 Å². The number of hydrogen-bond acceptors (Lipinski definition) is 6. The molecule has 1 saturated carbocycles. The van der Waals surface area contributed by atoms with Gasteiger partial charge in [0.05, 0.1) is 32.1 Å². The normalized spacial score (nSPS) is 22.3. The summed E-state index contributed by atoms with van der Waals surface area (Å²) in [6.07, 6.45) is 0. The van der Waals surface area contributed by atoms with E-state index in [1.807, 2.05) is 0 Å². The highest BCUT2D eigenvalue weighted by atomic mass is 16.5. The van der Waals surface area contributed by atoms with Gasteiger partial charge in [0, 0.05) is 0 Å². The molecule has 2 rings (SSSR count). The second-order valence-electron chi connectivity index (χ2n) is 5.38. The van der Waals surface area contributed by atoms with Crippen LogP contribution in [0.25, 0.3) is 0 Å². The largest absolute Gasteiger partial charge is 0.481 e. The summed E-state index contributed by atoms with van der Waals surface area (Å²) in [7, 11) is 2.86. The van der Waals surface area contributed by atoms with Crippen molar-refractivity contribution in [3.8, 4) is 11.8 Å². The summed E-state index contributed by atoms with van der Waals surface area (Å²) < 4.78 is 9.96. The molecule has 2 atom stereocenters. The topological polar surface area (TPSA) is 111 Å². The number of carbonyl (C=O) groups is 2. The summed E-state index contributed by atoms with van der Waals surface area (Å²) in [6, 6.07) is 1.47. The number of methoxy groups -OCH3 is 2. The Hall–Kier alpha value is -2.38. The molecule has 1 aromatic heterocycles. The van der Waals surface area contributed by atoms with Gasteiger partial charge in [-0.15, -0.1) is 0 Å². The molecule has 1 aliphatic rings. The molecule has 8 nitrogen and oxygen atoms in total. The zero-order chi connectivity index (χ0) is 15.8. The molecule has 1 heterocycles. The van der Waals surface area contributed by atoms with Gasteiger partial charge in [0.1, 0.15) is 0 Å². The summed E-state index contributed by atoms with van der Waals surface area (Å²) in [5, 5.41) is 11.6. The Morgan fingerprint density at radius 2 is 1.71 bits per heavy atom. The highest BCUT2D eigenvalue weighted by Crippen LogP contribution is 2.58. The van der Waals surface area contributed by atoms with Crippen LogP contribution in [-0.2, 0) is 9.59 Å². The number of ether oxygens (including phenoxy) is 2. The second kappa shape index (κ2) is 5.19. The zero-order valence-corrected chi connectivity index (χ0v) is 12.2. The molecule has 0 spiro atoms. The smallest absolute Gasteiger partial charge is 0.307 e. The van der Waals surface area contributed by atoms with E-state index < -0.39 is 29.1 Å². The lowest BCUT2D eigenvalue weighted by Crippen LogP contribution is -2.19. The van der Waals surface area contributed by atoms with Gasteiger partial charge in [-0.2, -0.15) is 9.97 Å².